The Morgan fingerprint density at radius 2 is 1.73 bits per heavy atom. The highest BCUT2D eigenvalue weighted by atomic mass is 16.7. The number of para-hydroxylation sites is 1. The summed E-state index contributed by atoms with van der Waals surface area (Å²) in [5.74, 6) is 1.05. The van der Waals surface area contributed by atoms with Crippen molar-refractivity contribution in [2.75, 3.05) is 12.1 Å². The molecule has 0 radical (unpaired) electrons. The molecule has 1 amide bonds. The second kappa shape index (κ2) is 7.40. The number of carbonyl (C=O) groups excluding carboxylic acids is 1. The Bertz CT molecular complexity index is 1230. The normalized spacial score (nSPS) is 12.0. The van der Waals surface area contributed by atoms with Gasteiger partial charge in [0.05, 0.1) is 11.3 Å². The molecule has 1 aliphatic heterocycles. The standard InChI is InChI=1S/C24H19N3O3/c1-16-7-5-6-10-19(16)23-20(14-27(26-23)18-8-3-2-4-9-18)24(28)25-17-11-12-21-22(13-17)30-15-29-21/h2-14H,15H2,1H3,(H,25,28). The summed E-state index contributed by atoms with van der Waals surface area (Å²) in [5.41, 5.74) is 4.61. The molecule has 5 rings (SSSR count). The lowest BCUT2D eigenvalue weighted by Crippen LogP contribution is -2.12. The number of carbonyl (C=O) groups is 1. The highest BCUT2D eigenvalue weighted by Crippen LogP contribution is 2.34. The lowest BCUT2D eigenvalue weighted by molar-refractivity contribution is 0.102. The van der Waals surface area contributed by atoms with Gasteiger partial charge in [-0.1, -0.05) is 42.5 Å². The molecule has 3 aromatic carbocycles. The number of amides is 1. The fourth-order valence-corrected chi connectivity index (χ4v) is 3.46. The van der Waals surface area contributed by atoms with Gasteiger partial charge in [0.15, 0.2) is 11.5 Å². The zero-order chi connectivity index (χ0) is 20.5. The summed E-state index contributed by atoms with van der Waals surface area (Å²) in [6.45, 7) is 2.20. The first-order valence-electron chi connectivity index (χ1n) is 9.61. The average Bonchev–Trinajstić information content (AvgIpc) is 3.42. The van der Waals surface area contributed by atoms with E-state index in [9.17, 15) is 4.79 Å². The second-order valence-corrected chi connectivity index (χ2v) is 7.01. The van der Waals surface area contributed by atoms with Crippen LogP contribution in [0.15, 0.2) is 79.0 Å². The zero-order valence-corrected chi connectivity index (χ0v) is 16.3. The van der Waals surface area contributed by atoms with Crippen LogP contribution in [0.1, 0.15) is 15.9 Å². The second-order valence-electron chi connectivity index (χ2n) is 7.01. The maximum atomic E-state index is 13.2. The van der Waals surface area contributed by atoms with Crippen LogP contribution in [0.2, 0.25) is 0 Å². The molecule has 6 nitrogen and oxygen atoms in total. The summed E-state index contributed by atoms with van der Waals surface area (Å²) in [4.78, 5) is 13.2. The van der Waals surface area contributed by atoms with Crippen LogP contribution in [0.4, 0.5) is 5.69 Å². The third-order valence-electron chi connectivity index (χ3n) is 5.01. The number of aromatic nitrogens is 2. The summed E-state index contributed by atoms with van der Waals surface area (Å²) in [6.07, 6.45) is 1.76. The van der Waals surface area contributed by atoms with Crippen LogP contribution in [0.25, 0.3) is 16.9 Å². The summed E-state index contributed by atoms with van der Waals surface area (Å²) >= 11 is 0. The van der Waals surface area contributed by atoms with Gasteiger partial charge in [-0.25, -0.2) is 4.68 Å². The largest absolute Gasteiger partial charge is 0.454 e. The number of hydrogen-bond acceptors (Lipinski definition) is 4. The van der Waals surface area contributed by atoms with Gasteiger partial charge in [0.1, 0.15) is 5.69 Å². The van der Waals surface area contributed by atoms with E-state index in [1.54, 1.807) is 29.1 Å². The van der Waals surface area contributed by atoms with Gasteiger partial charge in [0.2, 0.25) is 6.79 Å². The predicted octanol–water partition coefficient (Wildman–Crippen LogP) is 4.83. The molecule has 0 spiro atoms. The number of fused-ring (bicyclic) bond motifs is 1. The molecular formula is C24H19N3O3. The van der Waals surface area contributed by atoms with Gasteiger partial charge in [-0.15, -0.1) is 0 Å². The van der Waals surface area contributed by atoms with Crippen molar-refractivity contribution >= 4 is 11.6 Å². The van der Waals surface area contributed by atoms with Gasteiger partial charge < -0.3 is 14.8 Å². The molecular weight excluding hydrogens is 378 g/mol. The van der Waals surface area contributed by atoms with Crippen molar-refractivity contribution in [2.45, 2.75) is 6.92 Å². The van der Waals surface area contributed by atoms with E-state index in [0.29, 0.717) is 28.4 Å². The van der Waals surface area contributed by atoms with E-state index in [4.69, 9.17) is 14.6 Å². The Morgan fingerprint density at radius 3 is 2.57 bits per heavy atom. The van der Waals surface area contributed by atoms with Crippen molar-refractivity contribution in [2.24, 2.45) is 0 Å². The number of ether oxygens (including phenoxy) is 2. The molecule has 0 saturated carbocycles. The molecule has 148 valence electrons. The van der Waals surface area contributed by atoms with Crippen LogP contribution in [0.5, 0.6) is 11.5 Å². The zero-order valence-electron chi connectivity index (χ0n) is 16.3. The first-order valence-corrected chi connectivity index (χ1v) is 9.61. The molecule has 4 aromatic rings. The summed E-state index contributed by atoms with van der Waals surface area (Å²) in [6, 6.07) is 23.0. The monoisotopic (exact) mass is 397 g/mol. The highest BCUT2D eigenvalue weighted by Gasteiger charge is 2.21. The molecule has 30 heavy (non-hydrogen) atoms. The van der Waals surface area contributed by atoms with Crippen molar-refractivity contribution in [1.82, 2.24) is 9.78 Å². The summed E-state index contributed by atoms with van der Waals surface area (Å²) in [5, 5.41) is 7.70. The minimum atomic E-state index is -0.241. The minimum absolute atomic E-state index is 0.189. The fraction of sp³-hybridized carbons (Fsp3) is 0.0833. The van der Waals surface area contributed by atoms with Gasteiger partial charge in [0, 0.05) is 23.5 Å². The van der Waals surface area contributed by atoms with Crippen LogP contribution in [-0.4, -0.2) is 22.5 Å². The van der Waals surface area contributed by atoms with Crippen LogP contribution >= 0.6 is 0 Å². The quantitative estimate of drug-likeness (QED) is 0.536. The number of nitrogens with zero attached hydrogens (tertiary/aromatic N) is 2. The van der Waals surface area contributed by atoms with Gasteiger partial charge in [-0.2, -0.15) is 5.10 Å². The Kier molecular flexibility index (Phi) is 4.44. The predicted molar refractivity (Wildman–Crippen MR) is 114 cm³/mol. The van der Waals surface area contributed by atoms with Gasteiger partial charge >= 0.3 is 0 Å². The number of rotatable bonds is 4. The molecule has 2 heterocycles. The van der Waals surface area contributed by atoms with Crippen LogP contribution in [0.3, 0.4) is 0 Å². The van der Waals surface area contributed by atoms with Crippen molar-refractivity contribution in [3.63, 3.8) is 0 Å². The van der Waals surface area contributed by atoms with E-state index in [-0.39, 0.29) is 12.7 Å². The maximum absolute atomic E-state index is 13.2. The molecule has 6 heteroatoms. The van der Waals surface area contributed by atoms with Crippen LogP contribution < -0.4 is 14.8 Å². The SMILES string of the molecule is Cc1ccccc1-c1nn(-c2ccccc2)cc1C(=O)Nc1ccc2c(c1)OCO2. The Hall–Kier alpha value is -4.06. The van der Waals surface area contributed by atoms with Crippen molar-refractivity contribution in [3.8, 4) is 28.4 Å². The number of anilines is 1. The molecule has 1 aromatic heterocycles. The molecule has 0 atom stereocenters. The molecule has 1 aliphatic rings. The maximum Gasteiger partial charge on any atom is 0.259 e. The molecule has 0 unspecified atom stereocenters. The van der Waals surface area contributed by atoms with E-state index in [1.165, 1.54) is 0 Å². The minimum Gasteiger partial charge on any atom is -0.454 e. The summed E-state index contributed by atoms with van der Waals surface area (Å²) in [7, 11) is 0. The number of nitrogens with one attached hydrogen (secondary N) is 1. The number of aryl methyl sites for hydroxylation is 1. The lowest BCUT2D eigenvalue weighted by atomic mass is 10.0. The fourth-order valence-electron chi connectivity index (χ4n) is 3.46. The lowest BCUT2D eigenvalue weighted by Gasteiger charge is -2.08. The topological polar surface area (TPSA) is 65.4 Å². The van der Waals surface area contributed by atoms with Gasteiger partial charge in [-0.3, -0.25) is 4.79 Å². The average molecular weight is 397 g/mol. The van der Waals surface area contributed by atoms with Crippen molar-refractivity contribution in [3.05, 3.63) is 90.1 Å². The molecule has 0 bridgehead atoms. The van der Waals surface area contributed by atoms with E-state index < -0.39 is 0 Å². The highest BCUT2D eigenvalue weighted by molar-refractivity contribution is 6.08. The van der Waals surface area contributed by atoms with Crippen molar-refractivity contribution < 1.29 is 14.3 Å². The molecule has 0 saturated heterocycles. The molecule has 0 fully saturated rings. The third kappa shape index (κ3) is 3.28. The number of benzene rings is 3. The van der Waals surface area contributed by atoms with Crippen LogP contribution in [0, 0.1) is 6.92 Å². The smallest absolute Gasteiger partial charge is 0.259 e. The van der Waals surface area contributed by atoms with E-state index in [0.717, 1.165) is 16.8 Å². The number of hydrogen-bond donors (Lipinski definition) is 1. The van der Waals surface area contributed by atoms with Gasteiger partial charge in [-0.05, 0) is 36.8 Å². The van der Waals surface area contributed by atoms with Gasteiger partial charge in [0.25, 0.3) is 5.91 Å². The first kappa shape index (κ1) is 18.0. The van der Waals surface area contributed by atoms with Crippen molar-refractivity contribution in [1.29, 1.82) is 0 Å². The van der Waals surface area contributed by atoms with E-state index in [2.05, 4.69) is 5.32 Å². The summed E-state index contributed by atoms with van der Waals surface area (Å²) < 4.78 is 12.5. The molecule has 0 aliphatic carbocycles. The third-order valence-corrected chi connectivity index (χ3v) is 5.01. The Labute approximate surface area is 173 Å². The van der Waals surface area contributed by atoms with Crippen LogP contribution in [-0.2, 0) is 0 Å². The van der Waals surface area contributed by atoms with E-state index in [1.807, 2.05) is 61.5 Å². The Morgan fingerprint density at radius 1 is 0.967 bits per heavy atom. The Balaban J connectivity index is 1.55. The molecule has 1 N–H and O–H groups in total. The first-order chi connectivity index (χ1) is 14.7. The van der Waals surface area contributed by atoms with E-state index >= 15 is 0 Å².